The zero-order valence-electron chi connectivity index (χ0n) is 23.5. The molecule has 4 rings (SSSR count). The van der Waals surface area contributed by atoms with E-state index in [1.165, 1.54) is 0 Å². The van der Waals surface area contributed by atoms with Crippen LogP contribution in [0.15, 0.2) is 0 Å². The number of hydrogen-bond donors (Lipinski definition) is 2. The summed E-state index contributed by atoms with van der Waals surface area (Å²) < 4.78 is 108. The van der Waals surface area contributed by atoms with Gasteiger partial charge in [0.1, 0.15) is 0 Å². The second-order valence-corrected chi connectivity index (χ2v) is 13.3. The van der Waals surface area contributed by atoms with Crippen molar-refractivity contribution in [3.05, 3.63) is 0 Å². The van der Waals surface area contributed by atoms with E-state index in [-0.39, 0.29) is 12.8 Å². The fourth-order valence-electron chi connectivity index (χ4n) is 8.60. The molecule has 0 aromatic carbocycles. The lowest BCUT2D eigenvalue weighted by Gasteiger charge is -2.64. The SMILES string of the molecule is CC1CC(OC2CCCCC2)(C(C(F)(F)F)(C(F)(F)F)C2(OC3CCCCC3)CCC(N)C(C)C2)CCC1N. The summed E-state index contributed by atoms with van der Waals surface area (Å²) in [6.07, 6.45) is -7.58. The van der Waals surface area contributed by atoms with E-state index in [0.29, 0.717) is 25.7 Å². The summed E-state index contributed by atoms with van der Waals surface area (Å²) in [4.78, 5) is 0. The molecule has 39 heavy (non-hydrogen) atoms. The van der Waals surface area contributed by atoms with Crippen molar-refractivity contribution in [1.29, 1.82) is 0 Å². The standard InChI is InChI=1S/C29H48F6N2O2/c1-19-17-25(15-13-23(19)36,38-21-9-5-3-6-10-21)27(28(30,31)32,29(33,34)35)26(16-14-24(37)20(2)18-26)39-22-11-7-4-8-12-22/h19-24H,3-18,36-37H2,1-2H3. The minimum absolute atomic E-state index is 0.0381. The van der Waals surface area contributed by atoms with E-state index < -0.39 is 90.8 Å². The number of alkyl halides is 6. The zero-order chi connectivity index (χ0) is 28.7. The van der Waals surface area contributed by atoms with Gasteiger partial charge < -0.3 is 20.9 Å². The van der Waals surface area contributed by atoms with Gasteiger partial charge in [-0.15, -0.1) is 0 Å². The largest absolute Gasteiger partial charge is 0.408 e. The predicted molar refractivity (Wildman–Crippen MR) is 138 cm³/mol. The van der Waals surface area contributed by atoms with Gasteiger partial charge in [-0.05, 0) is 76.0 Å². The van der Waals surface area contributed by atoms with Crippen molar-refractivity contribution in [3.8, 4) is 0 Å². The summed E-state index contributed by atoms with van der Waals surface area (Å²) in [7, 11) is 0. The van der Waals surface area contributed by atoms with E-state index in [4.69, 9.17) is 20.9 Å². The highest BCUT2D eigenvalue weighted by Gasteiger charge is 2.88. The van der Waals surface area contributed by atoms with Crippen LogP contribution < -0.4 is 11.5 Å². The molecule has 0 radical (unpaired) electrons. The van der Waals surface area contributed by atoms with Crippen LogP contribution in [-0.4, -0.2) is 47.8 Å². The number of ether oxygens (including phenoxy) is 2. The van der Waals surface area contributed by atoms with Crippen LogP contribution in [0, 0.1) is 17.3 Å². The molecule has 0 aliphatic heterocycles. The molecule has 4 fully saturated rings. The molecule has 4 aliphatic carbocycles. The first-order valence-electron chi connectivity index (χ1n) is 15.2. The molecule has 228 valence electrons. The Bertz CT molecular complexity index is 745. The first kappa shape index (κ1) is 31.4. The zero-order valence-corrected chi connectivity index (χ0v) is 23.5. The first-order chi connectivity index (χ1) is 18.2. The number of rotatable bonds is 6. The Balaban J connectivity index is 1.97. The highest BCUT2D eigenvalue weighted by Crippen LogP contribution is 2.71. The number of hydrogen-bond acceptors (Lipinski definition) is 4. The average molecular weight is 571 g/mol. The minimum Gasteiger partial charge on any atom is -0.370 e. The van der Waals surface area contributed by atoms with E-state index in [1.54, 1.807) is 13.8 Å². The molecular formula is C29H48F6N2O2. The Hall–Kier alpha value is -0.580. The predicted octanol–water partition coefficient (Wildman–Crippen LogP) is 7.57. The molecule has 4 aliphatic rings. The van der Waals surface area contributed by atoms with Crippen molar-refractivity contribution < 1.29 is 35.8 Å². The van der Waals surface area contributed by atoms with E-state index in [9.17, 15) is 0 Å². The number of halogens is 6. The molecule has 0 aromatic rings. The molecule has 4 saturated carbocycles. The van der Waals surface area contributed by atoms with Gasteiger partial charge in [0.05, 0.1) is 23.4 Å². The molecule has 10 heteroatoms. The van der Waals surface area contributed by atoms with Crippen LogP contribution in [0.2, 0.25) is 0 Å². The lowest BCUT2D eigenvalue weighted by Crippen LogP contribution is -2.79. The second-order valence-electron chi connectivity index (χ2n) is 13.3. The van der Waals surface area contributed by atoms with E-state index in [1.807, 2.05) is 0 Å². The maximum Gasteiger partial charge on any atom is 0.408 e. The van der Waals surface area contributed by atoms with Crippen LogP contribution in [0.1, 0.15) is 117 Å². The van der Waals surface area contributed by atoms with Gasteiger partial charge in [-0.2, -0.15) is 26.3 Å². The van der Waals surface area contributed by atoms with Gasteiger partial charge in [0.2, 0.25) is 5.41 Å². The Morgan fingerprint density at radius 2 is 0.897 bits per heavy atom. The van der Waals surface area contributed by atoms with Gasteiger partial charge in [0.25, 0.3) is 0 Å². The molecular weight excluding hydrogens is 522 g/mol. The molecule has 0 amide bonds. The molecule has 0 spiro atoms. The van der Waals surface area contributed by atoms with Gasteiger partial charge in [-0.1, -0.05) is 52.4 Å². The first-order valence-corrected chi connectivity index (χ1v) is 15.2. The fraction of sp³-hybridized carbons (Fsp3) is 1.00. The molecule has 0 heterocycles. The van der Waals surface area contributed by atoms with Gasteiger partial charge >= 0.3 is 12.4 Å². The van der Waals surface area contributed by atoms with Crippen molar-refractivity contribution in [2.75, 3.05) is 0 Å². The molecule has 6 atom stereocenters. The number of nitrogens with two attached hydrogens (primary N) is 2. The van der Waals surface area contributed by atoms with Crippen LogP contribution in [0.3, 0.4) is 0 Å². The van der Waals surface area contributed by atoms with Crippen molar-refractivity contribution in [2.24, 2.45) is 28.7 Å². The Labute approximate surface area is 229 Å². The van der Waals surface area contributed by atoms with Crippen molar-refractivity contribution >= 4 is 0 Å². The van der Waals surface area contributed by atoms with Crippen LogP contribution in [0.4, 0.5) is 26.3 Å². The summed E-state index contributed by atoms with van der Waals surface area (Å²) in [5, 5.41) is 0. The molecule has 4 nitrogen and oxygen atoms in total. The lowest BCUT2D eigenvalue weighted by molar-refractivity contribution is -0.459. The quantitative estimate of drug-likeness (QED) is 0.323. The summed E-state index contributed by atoms with van der Waals surface area (Å²) >= 11 is 0. The van der Waals surface area contributed by atoms with Crippen molar-refractivity contribution in [1.82, 2.24) is 0 Å². The van der Waals surface area contributed by atoms with Gasteiger partial charge in [0, 0.05) is 12.1 Å². The minimum atomic E-state index is -5.67. The topological polar surface area (TPSA) is 70.5 Å². The maximum absolute atomic E-state index is 15.9. The van der Waals surface area contributed by atoms with Crippen LogP contribution >= 0.6 is 0 Å². The van der Waals surface area contributed by atoms with Crippen LogP contribution in [0.25, 0.3) is 0 Å². The fourth-order valence-corrected chi connectivity index (χ4v) is 8.60. The van der Waals surface area contributed by atoms with E-state index in [2.05, 4.69) is 0 Å². The molecule has 6 unspecified atom stereocenters. The average Bonchev–Trinajstić information content (AvgIpc) is 2.84. The monoisotopic (exact) mass is 570 g/mol. The lowest BCUT2D eigenvalue weighted by atomic mass is 9.50. The van der Waals surface area contributed by atoms with Crippen LogP contribution in [-0.2, 0) is 9.47 Å². The Morgan fingerprint density at radius 1 is 0.564 bits per heavy atom. The third kappa shape index (κ3) is 5.62. The van der Waals surface area contributed by atoms with Gasteiger partial charge in [-0.3, -0.25) is 0 Å². The molecule has 0 saturated heterocycles. The van der Waals surface area contributed by atoms with Crippen LogP contribution in [0.5, 0.6) is 0 Å². The van der Waals surface area contributed by atoms with E-state index >= 15 is 26.3 Å². The summed E-state index contributed by atoms with van der Waals surface area (Å²) in [6, 6.07) is -0.970. The Kier molecular flexibility index (Phi) is 9.32. The molecule has 4 N–H and O–H groups in total. The summed E-state index contributed by atoms with van der Waals surface area (Å²) in [6.45, 7) is 3.32. The third-order valence-corrected chi connectivity index (χ3v) is 10.6. The second kappa shape index (κ2) is 11.6. The van der Waals surface area contributed by atoms with E-state index in [0.717, 1.165) is 38.5 Å². The normalized spacial score (nSPS) is 38.6. The summed E-state index contributed by atoms with van der Waals surface area (Å²) in [5.74, 6) is -1.14. The van der Waals surface area contributed by atoms with Crippen molar-refractivity contribution in [2.45, 2.75) is 164 Å². The highest BCUT2D eigenvalue weighted by molar-refractivity contribution is 5.22. The highest BCUT2D eigenvalue weighted by atomic mass is 19.4. The molecule has 0 aromatic heterocycles. The van der Waals surface area contributed by atoms with Gasteiger partial charge in [0.15, 0.2) is 0 Å². The summed E-state index contributed by atoms with van der Waals surface area (Å²) in [5.41, 5.74) is 3.19. The Morgan fingerprint density at radius 3 is 1.18 bits per heavy atom. The molecule has 0 bridgehead atoms. The third-order valence-electron chi connectivity index (χ3n) is 10.6. The smallest absolute Gasteiger partial charge is 0.370 e. The van der Waals surface area contributed by atoms with Gasteiger partial charge in [-0.25, -0.2) is 0 Å². The van der Waals surface area contributed by atoms with Crippen molar-refractivity contribution in [3.63, 3.8) is 0 Å². The maximum atomic E-state index is 15.9.